The Morgan fingerprint density at radius 3 is 2.78 bits per heavy atom. The molecule has 0 saturated heterocycles. The molecule has 0 aliphatic carbocycles. The summed E-state index contributed by atoms with van der Waals surface area (Å²) < 4.78 is 0. The van der Waals surface area contributed by atoms with Crippen LogP contribution in [0.1, 0.15) is 32.1 Å². The monoisotopic (exact) mass is 309 g/mol. The average molecular weight is 309 g/mol. The van der Waals surface area contributed by atoms with Gasteiger partial charge in [-0.05, 0) is 42.8 Å². The van der Waals surface area contributed by atoms with Crippen LogP contribution in [0.2, 0.25) is 0 Å². The average Bonchev–Trinajstić information content (AvgIpc) is 2.91. The number of carbonyl (C=O) groups excluding carboxylic acids is 1. The number of rotatable bonds is 4. The molecule has 0 saturated carbocycles. The molecule has 0 spiro atoms. The van der Waals surface area contributed by atoms with Gasteiger partial charge in [0.05, 0.1) is 16.6 Å². The van der Waals surface area contributed by atoms with E-state index in [1.165, 1.54) is 6.07 Å². The third-order valence-corrected chi connectivity index (χ3v) is 3.49. The number of imidazole rings is 1. The number of benzene rings is 2. The number of carbonyl (C=O) groups is 2. The molecule has 3 rings (SSSR count). The molecule has 6 nitrogen and oxygen atoms in total. The highest BCUT2D eigenvalue weighted by atomic mass is 16.4. The molecular formula is C17H15N3O3. The van der Waals surface area contributed by atoms with Crippen molar-refractivity contribution in [2.24, 2.45) is 0 Å². The van der Waals surface area contributed by atoms with Crippen LogP contribution in [0, 0.1) is 6.92 Å². The van der Waals surface area contributed by atoms with Crippen molar-refractivity contribution < 1.29 is 14.7 Å². The summed E-state index contributed by atoms with van der Waals surface area (Å²) in [5.41, 5.74) is 3.08. The normalized spacial score (nSPS) is 10.7. The Morgan fingerprint density at radius 1 is 1.17 bits per heavy atom. The fourth-order valence-electron chi connectivity index (χ4n) is 2.38. The molecule has 0 aliphatic rings. The lowest BCUT2D eigenvalue weighted by Crippen LogP contribution is -2.22. The molecule has 0 unspecified atom stereocenters. The highest BCUT2D eigenvalue weighted by Gasteiger charge is 2.09. The first-order valence-electron chi connectivity index (χ1n) is 7.10. The van der Waals surface area contributed by atoms with E-state index in [4.69, 9.17) is 5.11 Å². The highest BCUT2D eigenvalue weighted by Crippen LogP contribution is 2.14. The largest absolute Gasteiger partial charge is 0.478 e. The van der Waals surface area contributed by atoms with Crippen molar-refractivity contribution in [3.8, 4) is 0 Å². The Morgan fingerprint density at radius 2 is 2.00 bits per heavy atom. The van der Waals surface area contributed by atoms with E-state index < -0.39 is 5.97 Å². The van der Waals surface area contributed by atoms with Gasteiger partial charge in [0.1, 0.15) is 5.82 Å². The predicted molar refractivity (Wildman–Crippen MR) is 85.4 cm³/mol. The number of nitrogens with zero attached hydrogens (tertiary/aromatic N) is 1. The van der Waals surface area contributed by atoms with Crippen LogP contribution in [0.25, 0.3) is 11.0 Å². The summed E-state index contributed by atoms with van der Waals surface area (Å²) >= 11 is 0. The summed E-state index contributed by atoms with van der Waals surface area (Å²) in [6.07, 6.45) is 0. The van der Waals surface area contributed by atoms with Gasteiger partial charge in [0, 0.05) is 12.1 Å². The molecule has 3 aromatic rings. The Labute approximate surface area is 132 Å². The van der Waals surface area contributed by atoms with E-state index in [0.717, 1.165) is 22.4 Å². The lowest BCUT2D eigenvalue weighted by atomic mass is 10.1. The Balaban J connectivity index is 1.73. The minimum atomic E-state index is -0.988. The van der Waals surface area contributed by atoms with Crippen LogP contribution < -0.4 is 5.32 Å². The molecule has 6 heteroatoms. The van der Waals surface area contributed by atoms with Crippen molar-refractivity contribution in [2.45, 2.75) is 13.5 Å². The number of aromatic nitrogens is 2. The minimum Gasteiger partial charge on any atom is -0.478 e. The van der Waals surface area contributed by atoms with Gasteiger partial charge < -0.3 is 15.4 Å². The molecule has 1 aromatic heterocycles. The molecule has 0 radical (unpaired) electrons. The summed E-state index contributed by atoms with van der Waals surface area (Å²) in [5, 5.41) is 11.8. The number of H-pyrrole nitrogens is 1. The van der Waals surface area contributed by atoms with Crippen molar-refractivity contribution in [2.75, 3.05) is 0 Å². The number of aromatic carboxylic acids is 1. The van der Waals surface area contributed by atoms with E-state index >= 15 is 0 Å². The van der Waals surface area contributed by atoms with Gasteiger partial charge in [0.25, 0.3) is 5.91 Å². The third-order valence-electron chi connectivity index (χ3n) is 3.49. The minimum absolute atomic E-state index is 0.200. The van der Waals surface area contributed by atoms with E-state index in [9.17, 15) is 9.59 Å². The molecule has 116 valence electrons. The Kier molecular flexibility index (Phi) is 3.80. The highest BCUT2D eigenvalue weighted by molar-refractivity contribution is 5.97. The van der Waals surface area contributed by atoms with Crippen LogP contribution in [0.4, 0.5) is 0 Å². The zero-order valence-electron chi connectivity index (χ0n) is 12.5. The van der Waals surface area contributed by atoms with E-state index in [1.54, 1.807) is 36.4 Å². The quantitative estimate of drug-likeness (QED) is 0.690. The van der Waals surface area contributed by atoms with Crippen molar-refractivity contribution >= 4 is 22.9 Å². The summed E-state index contributed by atoms with van der Waals surface area (Å²) in [5.74, 6) is -0.416. The van der Waals surface area contributed by atoms with Gasteiger partial charge in [0.15, 0.2) is 0 Å². The fraction of sp³-hybridized carbons (Fsp3) is 0.118. The number of carboxylic acids is 1. The summed E-state index contributed by atoms with van der Waals surface area (Å²) in [6, 6.07) is 11.7. The topological polar surface area (TPSA) is 95.1 Å². The summed E-state index contributed by atoms with van der Waals surface area (Å²) in [7, 11) is 0. The van der Waals surface area contributed by atoms with Crippen LogP contribution in [0.15, 0.2) is 42.5 Å². The van der Waals surface area contributed by atoms with Gasteiger partial charge in [-0.1, -0.05) is 12.1 Å². The van der Waals surface area contributed by atoms with Crippen LogP contribution in [-0.2, 0) is 6.54 Å². The van der Waals surface area contributed by atoms with Gasteiger partial charge in [-0.15, -0.1) is 0 Å². The Bertz CT molecular complexity index is 899. The first-order chi connectivity index (χ1) is 11.0. The smallest absolute Gasteiger partial charge is 0.335 e. The number of carboxylic acid groups (broad SMARTS) is 1. The van der Waals surface area contributed by atoms with E-state index in [-0.39, 0.29) is 18.0 Å². The summed E-state index contributed by atoms with van der Waals surface area (Å²) in [4.78, 5) is 30.5. The first kappa shape index (κ1) is 14.8. The van der Waals surface area contributed by atoms with Gasteiger partial charge in [-0.2, -0.15) is 0 Å². The second kappa shape index (κ2) is 5.92. The van der Waals surface area contributed by atoms with Crippen LogP contribution in [-0.4, -0.2) is 27.0 Å². The van der Waals surface area contributed by atoms with Gasteiger partial charge in [-0.25, -0.2) is 9.78 Å². The molecular weight excluding hydrogens is 294 g/mol. The molecule has 3 N–H and O–H groups in total. The lowest BCUT2D eigenvalue weighted by molar-refractivity contribution is 0.0696. The molecule has 0 aliphatic heterocycles. The molecule has 0 bridgehead atoms. The SMILES string of the molecule is Cc1nc2ccc(C(=O)NCc3cccc(C(=O)O)c3)cc2[nH]1. The van der Waals surface area contributed by atoms with E-state index in [1.807, 2.05) is 6.92 Å². The molecule has 0 fully saturated rings. The number of amides is 1. The zero-order valence-corrected chi connectivity index (χ0v) is 12.5. The van der Waals surface area contributed by atoms with E-state index in [0.29, 0.717) is 5.56 Å². The Hall–Kier alpha value is -3.15. The predicted octanol–water partition coefficient (Wildman–Crippen LogP) is 2.50. The van der Waals surface area contributed by atoms with Gasteiger partial charge in [-0.3, -0.25) is 4.79 Å². The maximum Gasteiger partial charge on any atom is 0.335 e. The maximum atomic E-state index is 12.2. The molecule has 1 heterocycles. The van der Waals surface area contributed by atoms with E-state index in [2.05, 4.69) is 15.3 Å². The number of aromatic amines is 1. The van der Waals surface area contributed by atoms with Crippen LogP contribution in [0.3, 0.4) is 0 Å². The molecule has 0 atom stereocenters. The number of hydrogen-bond donors (Lipinski definition) is 3. The second-order valence-corrected chi connectivity index (χ2v) is 5.24. The lowest BCUT2D eigenvalue weighted by Gasteiger charge is -2.06. The number of hydrogen-bond acceptors (Lipinski definition) is 3. The number of nitrogens with one attached hydrogen (secondary N) is 2. The maximum absolute atomic E-state index is 12.2. The molecule has 2 aromatic carbocycles. The summed E-state index contributed by atoms with van der Waals surface area (Å²) in [6.45, 7) is 2.12. The van der Waals surface area contributed by atoms with Crippen molar-refractivity contribution in [1.29, 1.82) is 0 Å². The fourth-order valence-corrected chi connectivity index (χ4v) is 2.38. The van der Waals surface area contributed by atoms with Crippen LogP contribution >= 0.6 is 0 Å². The third kappa shape index (κ3) is 3.21. The van der Waals surface area contributed by atoms with Gasteiger partial charge in [0.2, 0.25) is 0 Å². The molecule has 1 amide bonds. The van der Waals surface area contributed by atoms with Crippen molar-refractivity contribution in [1.82, 2.24) is 15.3 Å². The standard InChI is InChI=1S/C17H15N3O3/c1-10-19-14-6-5-12(8-15(14)20-10)16(21)18-9-11-3-2-4-13(7-11)17(22)23/h2-8H,9H2,1H3,(H,18,21)(H,19,20)(H,22,23). The number of fused-ring (bicyclic) bond motifs is 1. The molecule has 23 heavy (non-hydrogen) atoms. The number of aryl methyl sites for hydroxylation is 1. The zero-order chi connectivity index (χ0) is 16.4. The van der Waals surface area contributed by atoms with Gasteiger partial charge >= 0.3 is 5.97 Å². The first-order valence-corrected chi connectivity index (χ1v) is 7.10. The van der Waals surface area contributed by atoms with Crippen molar-refractivity contribution in [3.05, 3.63) is 65.0 Å². The van der Waals surface area contributed by atoms with Crippen LogP contribution in [0.5, 0.6) is 0 Å². The van der Waals surface area contributed by atoms with Crippen molar-refractivity contribution in [3.63, 3.8) is 0 Å². The second-order valence-electron chi connectivity index (χ2n) is 5.24.